The van der Waals surface area contributed by atoms with Gasteiger partial charge in [-0.1, -0.05) is 152 Å². The zero-order valence-corrected chi connectivity index (χ0v) is 56.7. The molecule has 0 bridgehead atoms. The first kappa shape index (κ1) is 71.6. The van der Waals surface area contributed by atoms with Crippen molar-refractivity contribution >= 4 is 120 Å². The predicted molar refractivity (Wildman–Crippen MR) is 363 cm³/mol. The number of thioether (sulfide) groups is 3. The third kappa shape index (κ3) is 20.0. The van der Waals surface area contributed by atoms with Crippen LogP contribution < -0.4 is 44.4 Å². The summed E-state index contributed by atoms with van der Waals surface area (Å²) in [6, 6.07) is 9.53. The molecule has 482 valence electrons. The summed E-state index contributed by atoms with van der Waals surface area (Å²) >= 11 is 20.9. The van der Waals surface area contributed by atoms with Crippen molar-refractivity contribution in [1.82, 2.24) is 35.6 Å². The molecule has 0 aliphatic carbocycles. The molecule has 3 fully saturated rings. The predicted octanol–water partition coefficient (Wildman–Crippen LogP) is 11.1. The van der Waals surface area contributed by atoms with Gasteiger partial charge in [0.15, 0.2) is 34.5 Å². The second-order valence-corrected chi connectivity index (χ2v) is 26.2. The van der Waals surface area contributed by atoms with Gasteiger partial charge in [-0.05, 0) is 74.9 Å². The fourth-order valence-electron chi connectivity index (χ4n) is 9.27. The molecule has 3 saturated heterocycles. The number of amides is 6. The fraction of sp³-hybridized carbons (Fsp3) is 0.571. The van der Waals surface area contributed by atoms with Crippen molar-refractivity contribution in [1.29, 1.82) is 0 Å². The zero-order valence-electron chi connectivity index (χ0n) is 51.8. The normalized spacial score (nSPS) is 13.9. The molecule has 3 N–H and O–H groups in total. The van der Waals surface area contributed by atoms with Gasteiger partial charge in [0, 0.05) is 76.2 Å². The van der Waals surface area contributed by atoms with E-state index in [2.05, 4.69) is 16.0 Å². The van der Waals surface area contributed by atoms with Crippen LogP contribution in [0.2, 0.25) is 0 Å². The minimum atomic E-state index is -0.459. The number of hydrogen-bond donors (Lipinski definition) is 3. The van der Waals surface area contributed by atoms with Crippen LogP contribution >= 0.6 is 71.9 Å². The number of hydrogen-bond acceptors (Lipinski definition) is 19. The van der Waals surface area contributed by atoms with Gasteiger partial charge in [0.25, 0.3) is 35.4 Å². The van der Waals surface area contributed by atoms with Crippen LogP contribution in [0.1, 0.15) is 181 Å². The first-order valence-corrected chi connectivity index (χ1v) is 35.2. The number of nitrogens with one attached hydrogen (secondary N) is 3. The molecule has 3 aromatic carbocycles. The van der Waals surface area contributed by atoms with E-state index in [-0.39, 0.29) is 145 Å². The van der Waals surface area contributed by atoms with Crippen LogP contribution in [0.25, 0.3) is 0 Å². The van der Waals surface area contributed by atoms with Gasteiger partial charge in [0.05, 0.1) is 73.0 Å². The molecule has 0 aromatic heterocycles. The smallest absolute Gasteiger partial charge is 0.263 e. The van der Waals surface area contributed by atoms with E-state index in [4.69, 9.17) is 65.1 Å². The molecule has 0 radical (unpaired) electrons. The zero-order chi connectivity index (χ0) is 63.4. The van der Waals surface area contributed by atoms with Crippen molar-refractivity contribution in [3.8, 4) is 34.5 Å². The highest BCUT2D eigenvalue weighted by molar-refractivity contribution is 8.24. The fourth-order valence-corrected chi connectivity index (χ4v) is 12.9. The van der Waals surface area contributed by atoms with Crippen molar-refractivity contribution in [2.75, 3.05) is 116 Å². The van der Waals surface area contributed by atoms with Gasteiger partial charge in [-0.3, -0.25) is 48.4 Å². The molecule has 0 spiro atoms. The molecule has 88 heavy (non-hydrogen) atoms. The summed E-state index contributed by atoms with van der Waals surface area (Å²) in [5, 5.41) is 9.17. The molecule has 0 unspecified atom stereocenters. The molecule has 0 atom stereocenters. The lowest BCUT2D eigenvalue weighted by atomic mass is 10.1. The Labute approximate surface area is 548 Å². The van der Waals surface area contributed by atoms with Crippen molar-refractivity contribution in [3.63, 3.8) is 0 Å². The molecule has 0 saturated carbocycles. The van der Waals surface area contributed by atoms with E-state index in [9.17, 15) is 28.8 Å². The van der Waals surface area contributed by atoms with Gasteiger partial charge < -0.3 is 44.4 Å². The van der Waals surface area contributed by atoms with Gasteiger partial charge in [-0.15, -0.1) is 0 Å². The average Bonchev–Trinajstić information content (AvgIpc) is 3.38. The first-order chi connectivity index (χ1) is 42.7. The molecule has 6 amide bonds. The van der Waals surface area contributed by atoms with Gasteiger partial charge in [-0.25, -0.2) is 0 Å². The Morgan fingerprint density at radius 3 is 0.807 bits per heavy atom. The van der Waals surface area contributed by atoms with Crippen LogP contribution in [0.5, 0.6) is 34.5 Å². The van der Waals surface area contributed by atoms with Crippen molar-refractivity contribution in [2.45, 2.75) is 119 Å². The van der Waals surface area contributed by atoms with Crippen LogP contribution in [0.3, 0.4) is 0 Å². The standard InChI is InChI=1S/C63H87N7O12S6/c1-7-13-34-77-49-43(19-22-46(52(49)80-37-16-10-4)58(74)68-31-40-86-61(68)83)55(71)64-25-28-67(29-26-65-56(72)44-20-23-47(59(75)69-32-41-87-62(69)84)53(81-38-17-11-5)50(44)78-35-14-8-2)30-27-66-57(73)45-21-24-48(60(76)70-33-42-88-63(70)85)54(82-39-18-12-6)51(45)79-36-15-9-3/h19-24H,7-18,25-42H2,1-6H3,(H,64,71)(H,65,72)(H,66,73). The minimum absolute atomic E-state index is 0.117. The molecule has 3 heterocycles. The first-order valence-electron chi connectivity index (χ1n) is 31.0. The van der Waals surface area contributed by atoms with Crippen LogP contribution in [-0.2, 0) is 0 Å². The number of nitrogens with zero attached hydrogens (tertiary/aromatic N) is 4. The number of thiocarbonyl (C=S) groups is 3. The minimum Gasteiger partial charge on any atom is -0.489 e. The third-order valence-corrected chi connectivity index (χ3v) is 18.7. The highest BCUT2D eigenvalue weighted by Gasteiger charge is 2.35. The Hall–Kier alpha value is -5.44. The lowest BCUT2D eigenvalue weighted by Gasteiger charge is -2.24. The Kier molecular flexibility index (Phi) is 31.2. The second kappa shape index (κ2) is 38.3. The van der Waals surface area contributed by atoms with Crippen LogP contribution in [0, 0.1) is 0 Å². The van der Waals surface area contributed by atoms with Crippen LogP contribution in [0.4, 0.5) is 0 Å². The number of ether oxygens (including phenoxy) is 6. The van der Waals surface area contributed by atoms with Crippen molar-refractivity contribution in [3.05, 3.63) is 69.8 Å². The Bertz CT molecular complexity index is 2610. The van der Waals surface area contributed by atoms with E-state index in [0.717, 1.165) is 38.5 Å². The van der Waals surface area contributed by atoms with Crippen molar-refractivity contribution in [2.24, 2.45) is 0 Å². The summed E-state index contributed by atoms with van der Waals surface area (Å²) in [6.45, 7) is 16.4. The topological polar surface area (TPSA) is 207 Å². The summed E-state index contributed by atoms with van der Waals surface area (Å²) in [5.74, 6) is 0.791. The molecule has 3 aromatic rings. The van der Waals surface area contributed by atoms with E-state index in [1.807, 2.05) is 46.4 Å². The van der Waals surface area contributed by atoms with Gasteiger partial charge in [0.1, 0.15) is 13.0 Å². The van der Waals surface area contributed by atoms with Gasteiger partial charge >= 0.3 is 0 Å². The van der Waals surface area contributed by atoms with E-state index in [1.165, 1.54) is 35.3 Å². The molecule has 19 nitrogen and oxygen atoms in total. The third-order valence-electron chi connectivity index (χ3n) is 14.4. The molecule has 25 heteroatoms. The highest BCUT2D eigenvalue weighted by atomic mass is 32.2. The summed E-state index contributed by atoms with van der Waals surface area (Å²) in [5.41, 5.74) is 1.34. The number of carbonyl (C=O) groups excluding carboxylic acids is 6. The molecule has 6 rings (SSSR count). The lowest BCUT2D eigenvalue weighted by Crippen LogP contribution is -2.43. The molecule has 3 aliphatic heterocycles. The second-order valence-electron chi connectivity index (χ2n) is 21.0. The SMILES string of the molecule is CCCCOc1c(C(=O)NCCN(CCNC(=O)c2ccc(C(=O)N3CCSC3=S)c(OCCCC)c2OCCCC)CCNC(=O)c2ccc(C(=O)N3CCSC3=S)c(OCCCC)c2OCCCC)ccc(C(=O)N2CCSC2=S)c1OCCCC. The quantitative estimate of drug-likeness (QED) is 0.0358. The highest BCUT2D eigenvalue weighted by Crippen LogP contribution is 2.41. The molecular weight excluding hydrogens is 1240 g/mol. The Morgan fingerprint density at radius 1 is 0.386 bits per heavy atom. The van der Waals surface area contributed by atoms with E-state index < -0.39 is 17.7 Å². The maximum atomic E-state index is 14.5. The average molecular weight is 1330 g/mol. The maximum Gasteiger partial charge on any atom is 0.263 e. The monoisotopic (exact) mass is 1330 g/mol. The number of rotatable bonds is 39. The Morgan fingerprint density at radius 2 is 0.602 bits per heavy atom. The van der Waals surface area contributed by atoms with Crippen LogP contribution in [0.15, 0.2) is 36.4 Å². The van der Waals surface area contributed by atoms with E-state index >= 15 is 0 Å². The lowest BCUT2D eigenvalue weighted by molar-refractivity contribution is 0.0847. The van der Waals surface area contributed by atoms with Crippen LogP contribution in [-0.4, -0.2) is 184 Å². The number of unbranched alkanes of at least 4 members (excludes halogenated alkanes) is 6. The van der Waals surface area contributed by atoms with Gasteiger partial charge in [0.2, 0.25) is 0 Å². The number of carbonyl (C=O) groups is 6. The molecular formula is C63H87N7O12S6. The molecule has 3 aliphatic rings. The largest absolute Gasteiger partial charge is 0.489 e. The maximum absolute atomic E-state index is 14.5. The summed E-state index contributed by atoms with van der Waals surface area (Å²) in [7, 11) is 0. The number of benzene rings is 3. The van der Waals surface area contributed by atoms with E-state index in [0.29, 0.717) is 108 Å². The van der Waals surface area contributed by atoms with E-state index in [1.54, 1.807) is 51.1 Å². The van der Waals surface area contributed by atoms with Gasteiger partial charge in [-0.2, -0.15) is 0 Å². The summed E-state index contributed by atoms with van der Waals surface area (Å²) in [6.07, 6.45) is 9.22. The summed E-state index contributed by atoms with van der Waals surface area (Å²) in [4.78, 5) is 92.2. The van der Waals surface area contributed by atoms with Crippen molar-refractivity contribution < 1.29 is 57.2 Å². The Balaban J connectivity index is 1.29. The summed E-state index contributed by atoms with van der Waals surface area (Å²) < 4.78 is 39.5.